The van der Waals surface area contributed by atoms with Crippen molar-refractivity contribution in [1.82, 2.24) is 34.3 Å². The average molecular weight is 373 g/mol. The minimum absolute atomic E-state index is 0.0196. The number of hydrogen-bond donors (Lipinski definition) is 1. The number of hydrogen-bond acceptors (Lipinski definition) is 5. The van der Waals surface area contributed by atoms with Gasteiger partial charge in [-0.1, -0.05) is 0 Å². The number of aromatic nitrogens is 5. The molecule has 0 radical (unpaired) electrons. The number of rotatable bonds is 3. The Labute approximate surface area is 157 Å². The summed E-state index contributed by atoms with van der Waals surface area (Å²) >= 11 is 0. The zero-order valence-electron chi connectivity index (χ0n) is 16.2. The van der Waals surface area contributed by atoms with Gasteiger partial charge in [-0.2, -0.15) is 10.2 Å². The Hall–Kier alpha value is -2.42. The van der Waals surface area contributed by atoms with Crippen molar-refractivity contribution in [1.29, 1.82) is 0 Å². The van der Waals surface area contributed by atoms with Crippen LogP contribution in [0.25, 0.3) is 0 Å². The minimum atomic E-state index is -0.0969. The Morgan fingerprint density at radius 3 is 2.89 bits per heavy atom. The molecule has 1 saturated heterocycles. The second kappa shape index (κ2) is 6.95. The van der Waals surface area contributed by atoms with E-state index in [2.05, 4.69) is 27.2 Å². The van der Waals surface area contributed by atoms with Gasteiger partial charge in [-0.05, 0) is 26.8 Å². The molecule has 27 heavy (non-hydrogen) atoms. The van der Waals surface area contributed by atoms with E-state index in [1.807, 2.05) is 11.8 Å². The highest BCUT2D eigenvalue weighted by atomic mass is 16.2. The van der Waals surface area contributed by atoms with Gasteiger partial charge in [-0.15, -0.1) is 0 Å². The van der Waals surface area contributed by atoms with E-state index in [1.165, 1.54) is 4.68 Å². The fourth-order valence-electron chi connectivity index (χ4n) is 4.25. The number of likely N-dealkylation sites (tertiary alicyclic amines) is 1. The topological polar surface area (TPSA) is 92.1 Å². The number of nitrogens with zero attached hydrogens (tertiary/aromatic N) is 6. The summed E-state index contributed by atoms with van der Waals surface area (Å²) in [4.78, 5) is 29.5. The molecule has 0 aliphatic carbocycles. The predicted octanol–water partition coefficient (Wildman–Crippen LogP) is 0.333. The lowest BCUT2D eigenvalue weighted by atomic mass is 9.96. The van der Waals surface area contributed by atoms with E-state index in [-0.39, 0.29) is 17.5 Å². The maximum absolute atomic E-state index is 13.2. The highest BCUT2D eigenvalue weighted by Crippen LogP contribution is 2.27. The molecule has 4 heterocycles. The molecule has 146 valence electrons. The largest absolute Gasteiger partial charge is 0.345 e. The summed E-state index contributed by atoms with van der Waals surface area (Å²) in [6.07, 6.45) is 2.73. The summed E-state index contributed by atoms with van der Waals surface area (Å²) in [5, 5.41) is 11.8. The van der Waals surface area contributed by atoms with Gasteiger partial charge in [-0.25, -0.2) is 9.48 Å². The van der Waals surface area contributed by atoms with Crippen LogP contribution in [0.15, 0.2) is 4.79 Å². The molecule has 0 spiro atoms. The van der Waals surface area contributed by atoms with Crippen LogP contribution >= 0.6 is 0 Å². The van der Waals surface area contributed by atoms with E-state index in [0.29, 0.717) is 18.8 Å². The van der Waals surface area contributed by atoms with Crippen molar-refractivity contribution in [3.8, 4) is 0 Å². The molecule has 0 saturated carbocycles. The quantitative estimate of drug-likeness (QED) is 0.837. The molecule has 2 aromatic heterocycles. The number of H-pyrrole nitrogens is 1. The average Bonchev–Trinajstić information content (AvgIpc) is 3.22. The van der Waals surface area contributed by atoms with Crippen molar-refractivity contribution in [2.24, 2.45) is 7.05 Å². The summed E-state index contributed by atoms with van der Waals surface area (Å²) in [6.45, 7) is 5.56. The second-order valence-corrected chi connectivity index (χ2v) is 7.62. The summed E-state index contributed by atoms with van der Waals surface area (Å²) in [7, 11) is 3.74. The van der Waals surface area contributed by atoms with Gasteiger partial charge in [0.1, 0.15) is 5.82 Å². The Bertz CT molecular complexity index is 909. The number of carbonyl (C=O) groups is 1. The normalized spacial score (nSPS) is 20.7. The van der Waals surface area contributed by atoms with Crippen LogP contribution in [0, 0.1) is 0 Å². The zero-order valence-corrected chi connectivity index (χ0v) is 16.2. The van der Waals surface area contributed by atoms with E-state index >= 15 is 0 Å². The van der Waals surface area contributed by atoms with E-state index in [1.54, 1.807) is 11.6 Å². The van der Waals surface area contributed by atoms with Gasteiger partial charge in [0.2, 0.25) is 0 Å². The number of fused-ring (bicyclic) bond motifs is 1. The minimum Gasteiger partial charge on any atom is -0.337 e. The van der Waals surface area contributed by atoms with Crippen molar-refractivity contribution in [3.63, 3.8) is 0 Å². The van der Waals surface area contributed by atoms with Crippen molar-refractivity contribution in [3.05, 3.63) is 33.3 Å². The van der Waals surface area contributed by atoms with Gasteiger partial charge in [-0.3, -0.25) is 14.5 Å². The first-order valence-electron chi connectivity index (χ1n) is 9.67. The molecule has 1 unspecified atom stereocenters. The van der Waals surface area contributed by atoms with Crippen LogP contribution in [0.3, 0.4) is 0 Å². The maximum Gasteiger partial charge on any atom is 0.345 e. The first-order chi connectivity index (χ1) is 13.0. The van der Waals surface area contributed by atoms with Gasteiger partial charge in [0.05, 0.1) is 0 Å². The smallest absolute Gasteiger partial charge is 0.337 e. The molecule has 2 aliphatic heterocycles. The van der Waals surface area contributed by atoms with Crippen molar-refractivity contribution < 1.29 is 4.79 Å². The molecule has 9 nitrogen and oxygen atoms in total. The highest BCUT2D eigenvalue weighted by molar-refractivity contribution is 5.94. The lowest BCUT2D eigenvalue weighted by Gasteiger charge is -2.32. The number of nitrogens with one attached hydrogen (secondary N) is 1. The van der Waals surface area contributed by atoms with Crippen LogP contribution in [0.5, 0.6) is 0 Å². The summed E-state index contributed by atoms with van der Waals surface area (Å²) in [5.74, 6) is 0.842. The lowest BCUT2D eigenvalue weighted by Crippen LogP contribution is -2.41. The molecule has 1 N–H and O–H groups in total. The number of aryl methyl sites for hydroxylation is 1. The van der Waals surface area contributed by atoms with Gasteiger partial charge >= 0.3 is 5.69 Å². The van der Waals surface area contributed by atoms with Crippen LogP contribution in [0.2, 0.25) is 0 Å². The standard InChI is InChI=1S/C18H27N7O2/c1-4-25-16(21-23(3)18(25)27)12-6-5-8-24(10-12)17(26)15-13-11-22(2)9-7-14(13)19-20-15/h12H,4-11H2,1-3H3,(H,19,20). The number of amides is 1. The Morgan fingerprint density at radius 1 is 1.30 bits per heavy atom. The number of aromatic amines is 1. The van der Waals surface area contributed by atoms with E-state index in [4.69, 9.17) is 0 Å². The first-order valence-corrected chi connectivity index (χ1v) is 9.67. The van der Waals surface area contributed by atoms with Gasteiger partial charge in [0.15, 0.2) is 5.69 Å². The third-order valence-electron chi connectivity index (χ3n) is 5.75. The molecule has 2 aliphatic rings. The predicted molar refractivity (Wildman–Crippen MR) is 99.6 cm³/mol. The van der Waals surface area contributed by atoms with Crippen molar-refractivity contribution in [2.75, 3.05) is 26.7 Å². The molecule has 0 bridgehead atoms. The molecule has 9 heteroatoms. The molecular formula is C18H27N7O2. The Kier molecular flexibility index (Phi) is 4.63. The molecule has 1 atom stereocenters. The molecule has 0 aromatic carbocycles. The third kappa shape index (κ3) is 3.09. The van der Waals surface area contributed by atoms with Crippen LogP contribution in [-0.4, -0.2) is 66.9 Å². The van der Waals surface area contributed by atoms with Crippen molar-refractivity contribution >= 4 is 5.91 Å². The summed E-state index contributed by atoms with van der Waals surface area (Å²) in [6, 6.07) is 0. The Balaban J connectivity index is 1.57. The third-order valence-corrected chi connectivity index (χ3v) is 5.75. The van der Waals surface area contributed by atoms with Gasteiger partial charge in [0, 0.05) is 63.4 Å². The maximum atomic E-state index is 13.2. The molecule has 2 aromatic rings. The SMILES string of the molecule is CCn1c(C2CCCN(C(=O)c3n[nH]c4c3CN(C)CC4)C2)nn(C)c1=O. The van der Waals surface area contributed by atoms with Crippen LogP contribution in [-0.2, 0) is 26.6 Å². The number of likely N-dealkylation sites (N-methyl/N-ethyl adjacent to an activating group) is 1. The van der Waals surface area contributed by atoms with Crippen LogP contribution < -0.4 is 5.69 Å². The zero-order chi connectivity index (χ0) is 19.1. The lowest BCUT2D eigenvalue weighted by molar-refractivity contribution is 0.0695. The molecule has 1 amide bonds. The van der Waals surface area contributed by atoms with Crippen molar-refractivity contribution in [2.45, 2.75) is 45.2 Å². The van der Waals surface area contributed by atoms with Crippen LogP contribution in [0.1, 0.15) is 53.3 Å². The number of piperidine rings is 1. The van der Waals surface area contributed by atoms with Gasteiger partial charge < -0.3 is 9.80 Å². The molecule has 4 rings (SSSR count). The highest BCUT2D eigenvalue weighted by Gasteiger charge is 2.32. The van der Waals surface area contributed by atoms with E-state index in [0.717, 1.165) is 56.0 Å². The Morgan fingerprint density at radius 2 is 2.11 bits per heavy atom. The fraction of sp³-hybridized carbons (Fsp3) is 0.667. The van der Waals surface area contributed by atoms with Crippen LogP contribution in [0.4, 0.5) is 0 Å². The molecular weight excluding hydrogens is 346 g/mol. The molecule has 1 fully saturated rings. The first kappa shape index (κ1) is 18.0. The monoisotopic (exact) mass is 373 g/mol. The van der Waals surface area contributed by atoms with Gasteiger partial charge in [0.25, 0.3) is 5.91 Å². The fourth-order valence-corrected chi connectivity index (χ4v) is 4.25. The van der Waals surface area contributed by atoms with E-state index < -0.39 is 0 Å². The van der Waals surface area contributed by atoms with E-state index in [9.17, 15) is 9.59 Å². The number of carbonyl (C=O) groups excluding carboxylic acids is 1. The summed E-state index contributed by atoms with van der Waals surface area (Å²) in [5.41, 5.74) is 2.56. The summed E-state index contributed by atoms with van der Waals surface area (Å²) < 4.78 is 3.10. The second-order valence-electron chi connectivity index (χ2n) is 7.62.